The third kappa shape index (κ3) is 2.27. The molecule has 0 spiro atoms. The Morgan fingerprint density at radius 1 is 1.36 bits per heavy atom. The molecular weight excluding hydrogens is 176 g/mol. The fourth-order valence-electron chi connectivity index (χ4n) is 2.29. The Hall–Kier alpha value is -0.570. The van der Waals surface area contributed by atoms with Crippen LogP contribution in [0.15, 0.2) is 0 Å². The van der Waals surface area contributed by atoms with Gasteiger partial charge in [-0.15, -0.1) is 0 Å². The number of hydrogen-bond acceptors (Lipinski definition) is 2. The van der Waals surface area contributed by atoms with E-state index in [2.05, 4.69) is 12.2 Å². The molecule has 2 fully saturated rings. The van der Waals surface area contributed by atoms with Gasteiger partial charge in [-0.3, -0.25) is 4.79 Å². The Kier molecular flexibility index (Phi) is 2.77. The second kappa shape index (κ2) is 3.89. The lowest BCUT2D eigenvalue weighted by Crippen LogP contribution is -2.38. The van der Waals surface area contributed by atoms with Crippen molar-refractivity contribution in [1.29, 1.82) is 0 Å². The van der Waals surface area contributed by atoms with Crippen molar-refractivity contribution in [3.63, 3.8) is 0 Å². The maximum Gasteiger partial charge on any atom is 0.223 e. The second-order valence-electron chi connectivity index (χ2n) is 4.95. The van der Waals surface area contributed by atoms with Crippen LogP contribution in [0.5, 0.6) is 0 Å². The smallest absolute Gasteiger partial charge is 0.223 e. The third-order valence-electron chi connectivity index (χ3n) is 3.52. The van der Waals surface area contributed by atoms with Gasteiger partial charge in [0.05, 0.1) is 0 Å². The van der Waals surface area contributed by atoms with Crippen LogP contribution in [0.4, 0.5) is 0 Å². The molecule has 2 aliphatic carbocycles. The van der Waals surface area contributed by atoms with Gasteiger partial charge in [-0.25, -0.2) is 0 Å². The largest absolute Gasteiger partial charge is 0.353 e. The molecule has 0 heterocycles. The van der Waals surface area contributed by atoms with Crippen molar-refractivity contribution < 1.29 is 4.79 Å². The molecule has 4 unspecified atom stereocenters. The number of rotatable bonds is 2. The molecule has 0 aromatic heterocycles. The van der Waals surface area contributed by atoms with Crippen molar-refractivity contribution in [2.75, 3.05) is 0 Å². The van der Waals surface area contributed by atoms with Crippen LogP contribution in [0.2, 0.25) is 0 Å². The highest BCUT2D eigenvalue weighted by atomic mass is 16.2. The van der Waals surface area contributed by atoms with Gasteiger partial charge in [-0.2, -0.15) is 0 Å². The van der Waals surface area contributed by atoms with Crippen LogP contribution in [0.3, 0.4) is 0 Å². The summed E-state index contributed by atoms with van der Waals surface area (Å²) in [6.07, 6.45) is 5.27. The maximum atomic E-state index is 11.8. The fourth-order valence-corrected chi connectivity index (χ4v) is 2.29. The summed E-state index contributed by atoms with van der Waals surface area (Å²) in [6.45, 7) is 2.18. The van der Waals surface area contributed by atoms with Crippen LogP contribution in [0.1, 0.15) is 39.0 Å². The summed E-state index contributed by atoms with van der Waals surface area (Å²) in [4.78, 5) is 11.8. The molecule has 3 N–H and O–H groups in total. The van der Waals surface area contributed by atoms with E-state index in [1.165, 1.54) is 0 Å². The van der Waals surface area contributed by atoms with Crippen molar-refractivity contribution in [2.45, 2.75) is 51.1 Å². The van der Waals surface area contributed by atoms with Crippen molar-refractivity contribution in [1.82, 2.24) is 5.32 Å². The molecule has 0 radical (unpaired) electrons. The fraction of sp³-hybridized carbons (Fsp3) is 0.909. The van der Waals surface area contributed by atoms with Crippen LogP contribution >= 0.6 is 0 Å². The molecule has 0 aromatic rings. The molecule has 4 atom stereocenters. The number of carbonyl (C=O) groups is 1. The molecule has 0 saturated heterocycles. The molecule has 1 amide bonds. The Bertz CT molecular complexity index is 229. The summed E-state index contributed by atoms with van der Waals surface area (Å²) in [7, 11) is 0. The van der Waals surface area contributed by atoms with Crippen LogP contribution in [-0.4, -0.2) is 18.0 Å². The average molecular weight is 196 g/mol. The molecule has 3 nitrogen and oxygen atoms in total. The van der Waals surface area contributed by atoms with Crippen LogP contribution in [0, 0.1) is 11.8 Å². The lowest BCUT2D eigenvalue weighted by molar-refractivity contribution is -0.126. The molecule has 0 aliphatic heterocycles. The minimum absolute atomic E-state index is 0.187. The van der Waals surface area contributed by atoms with Gasteiger partial charge in [0.2, 0.25) is 5.91 Å². The molecular formula is C11H20N2O. The average Bonchev–Trinajstić information content (AvgIpc) is 2.81. The number of nitrogens with two attached hydrogens (primary N) is 1. The van der Waals surface area contributed by atoms with Gasteiger partial charge in [-0.1, -0.05) is 13.3 Å². The van der Waals surface area contributed by atoms with E-state index < -0.39 is 0 Å². The zero-order chi connectivity index (χ0) is 10.1. The standard InChI is InChI=1S/C11H20N2O/c1-7-5-10(7)13-11(14)8-3-2-4-9(12)6-8/h7-10H,2-6,12H2,1H3,(H,13,14). The zero-order valence-electron chi connectivity index (χ0n) is 8.83. The molecule has 2 rings (SSSR count). The van der Waals surface area contributed by atoms with Gasteiger partial charge < -0.3 is 11.1 Å². The SMILES string of the molecule is CC1CC1NC(=O)C1CCCC(N)C1. The van der Waals surface area contributed by atoms with Gasteiger partial charge in [0.25, 0.3) is 0 Å². The molecule has 2 saturated carbocycles. The number of amides is 1. The Balaban J connectivity index is 1.78. The summed E-state index contributed by atoms with van der Waals surface area (Å²) < 4.78 is 0. The van der Waals surface area contributed by atoms with Crippen molar-refractivity contribution >= 4 is 5.91 Å². The van der Waals surface area contributed by atoms with Crippen LogP contribution in [0.25, 0.3) is 0 Å². The number of nitrogens with one attached hydrogen (secondary N) is 1. The minimum Gasteiger partial charge on any atom is -0.353 e. The second-order valence-corrected chi connectivity index (χ2v) is 4.95. The summed E-state index contributed by atoms with van der Waals surface area (Å²) in [6, 6.07) is 0.705. The maximum absolute atomic E-state index is 11.8. The zero-order valence-corrected chi connectivity index (χ0v) is 8.83. The topological polar surface area (TPSA) is 55.1 Å². The summed E-state index contributed by atoms with van der Waals surface area (Å²) in [5.74, 6) is 1.12. The van der Waals surface area contributed by atoms with E-state index in [0.29, 0.717) is 12.0 Å². The normalized spacial score (nSPS) is 41.9. The first-order chi connectivity index (χ1) is 6.66. The van der Waals surface area contributed by atoms with Gasteiger partial charge in [-0.05, 0) is 31.6 Å². The van der Waals surface area contributed by atoms with E-state index in [1.54, 1.807) is 0 Å². The Morgan fingerprint density at radius 3 is 2.64 bits per heavy atom. The predicted octanol–water partition coefficient (Wildman–Crippen LogP) is 1.03. The molecule has 0 bridgehead atoms. The summed E-state index contributed by atoms with van der Waals surface area (Å²) in [5.41, 5.74) is 5.86. The van der Waals surface area contributed by atoms with E-state index in [0.717, 1.165) is 32.1 Å². The van der Waals surface area contributed by atoms with Crippen LogP contribution < -0.4 is 11.1 Å². The highest BCUT2D eigenvalue weighted by molar-refractivity contribution is 5.79. The van der Waals surface area contributed by atoms with E-state index >= 15 is 0 Å². The highest BCUT2D eigenvalue weighted by Crippen LogP contribution is 2.30. The monoisotopic (exact) mass is 196 g/mol. The lowest BCUT2D eigenvalue weighted by Gasteiger charge is -2.25. The van der Waals surface area contributed by atoms with Gasteiger partial charge in [0, 0.05) is 18.0 Å². The first-order valence-electron chi connectivity index (χ1n) is 5.72. The molecule has 14 heavy (non-hydrogen) atoms. The van der Waals surface area contributed by atoms with Gasteiger partial charge in [0.1, 0.15) is 0 Å². The minimum atomic E-state index is 0.187. The van der Waals surface area contributed by atoms with Crippen molar-refractivity contribution in [3.8, 4) is 0 Å². The van der Waals surface area contributed by atoms with Gasteiger partial charge in [0.15, 0.2) is 0 Å². The molecule has 3 heteroatoms. The first kappa shape index (κ1) is 9.97. The van der Waals surface area contributed by atoms with Gasteiger partial charge >= 0.3 is 0 Å². The lowest BCUT2D eigenvalue weighted by atomic mass is 9.85. The Labute approximate surface area is 85.4 Å². The van der Waals surface area contributed by atoms with E-state index in [1.807, 2.05) is 0 Å². The predicted molar refractivity (Wildman–Crippen MR) is 55.6 cm³/mol. The summed E-state index contributed by atoms with van der Waals surface area (Å²) >= 11 is 0. The molecule has 0 aromatic carbocycles. The third-order valence-corrected chi connectivity index (χ3v) is 3.52. The highest BCUT2D eigenvalue weighted by Gasteiger charge is 2.36. The number of carbonyl (C=O) groups excluding carboxylic acids is 1. The summed E-state index contributed by atoms with van der Waals surface area (Å²) in [5, 5.41) is 3.10. The number of hydrogen-bond donors (Lipinski definition) is 2. The quantitative estimate of drug-likeness (QED) is 0.693. The van der Waals surface area contributed by atoms with E-state index in [-0.39, 0.29) is 17.9 Å². The van der Waals surface area contributed by atoms with Crippen molar-refractivity contribution in [2.24, 2.45) is 17.6 Å². The molecule has 2 aliphatic rings. The van der Waals surface area contributed by atoms with Crippen molar-refractivity contribution in [3.05, 3.63) is 0 Å². The van der Waals surface area contributed by atoms with E-state index in [4.69, 9.17) is 5.73 Å². The first-order valence-corrected chi connectivity index (χ1v) is 5.72. The Morgan fingerprint density at radius 2 is 2.07 bits per heavy atom. The van der Waals surface area contributed by atoms with E-state index in [9.17, 15) is 4.79 Å². The molecule has 80 valence electrons. The van der Waals surface area contributed by atoms with Crippen LogP contribution in [-0.2, 0) is 4.79 Å².